The van der Waals surface area contributed by atoms with Crippen LogP contribution in [0.4, 0.5) is 0 Å². The van der Waals surface area contributed by atoms with Gasteiger partial charge in [-0.1, -0.05) is 97.1 Å². The second kappa shape index (κ2) is 15.9. The number of rotatable bonds is 8. The van der Waals surface area contributed by atoms with E-state index in [9.17, 15) is 0 Å². The number of aryl methyl sites for hydroxylation is 2. The minimum absolute atomic E-state index is 0.250. The third-order valence-corrected chi connectivity index (χ3v) is 6.78. The quantitative estimate of drug-likeness (QED) is 0.162. The fourth-order valence-corrected chi connectivity index (χ4v) is 4.98. The van der Waals surface area contributed by atoms with Crippen molar-refractivity contribution in [3.8, 4) is 23.0 Å². The SMILES string of the molecule is CCO.NO.c1ccc(Oc2ccc(CCCc3ccc(Oc4ccccc4)c4ccccc34)c3ccccc23)cc1. The molecule has 0 heterocycles. The summed E-state index contributed by atoms with van der Waals surface area (Å²) in [5.74, 6) is 7.00. The molecule has 0 aliphatic carbocycles. The molecular formula is C37H37NO4. The van der Waals surface area contributed by atoms with E-state index in [0.717, 1.165) is 53.0 Å². The van der Waals surface area contributed by atoms with Gasteiger partial charge >= 0.3 is 0 Å². The van der Waals surface area contributed by atoms with Gasteiger partial charge in [-0.3, -0.25) is 0 Å². The maximum absolute atomic E-state index is 7.57. The van der Waals surface area contributed by atoms with Crippen LogP contribution in [0.5, 0.6) is 23.0 Å². The third-order valence-electron chi connectivity index (χ3n) is 6.78. The highest BCUT2D eigenvalue weighted by atomic mass is 16.5. The molecule has 42 heavy (non-hydrogen) atoms. The molecule has 6 rings (SSSR count). The lowest BCUT2D eigenvalue weighted by Crippen LogP contribution is -1.95. The number of benzene rings is 6. The first-order valence-corrected chi connectivity index (χ1v) is 14.1. The van der Waals surface area contributed by atoms with Crippen LogP contribution in [0.3, 0.4) is 0 Å². The van der Waals surface area contributed by atoms with E-state index in [-0.39, 0.29) is 6.61 Å². The molecule has 0 spiro atoms. The predicted octanol–water partition coefficient (Wildman–Crippen LogP) is 9.09. The van der Waals surface area contributed by atoms with E-state index in [2.05, 4.69) is 78.7 Å². The molecule has 0 bridgehead atoms. The van der Waals surface area contributed by atoms with Crippen LogP contribution in [0.25, 0.3) is 21.5 Å². The maximum Gasteiger partial charge on any atom is 0.135 e. The normalized spacial score (nSPS) is 10.3. The number of hydrogen-bond donors (Lipinski definition) is 3. The van der Waals surface area contributed by atoms with Gasteiger partial charge in [0.15, 0.2) is 0 Å². The van der Waals surface area contributed by atoms with E-state index in [1.807, 2.05) is 60.7 Å². The van der Waals surface area contributed by atoms with Gasteiger partial charge in [-0.2, -0.15) is 0 Å². The molecule has 6 aromatic carbocycles. The Labute approximate surface area is 247 Å². The van der Waals surface area contributed by atoms with Crippen molar-refractivity contribution in [2.45, 2.75) is 26.2 Å². The van der Waals surface area contributed by atoms with Gasteiger partial charge in [0.1, 0.15) is 23.0 Å². The predicted molar refractivity (Wildman–Crippen MR) is 172 cm³/mol. The van der Waals surface area contributed by atoms with Crippen molar-refractivity contribution in [1.82, 2.24) is 0 Å². The molecule has 4 N–H and O–H groups in total. The van der Waals surface area contributed by atoms with E-state index in [1.54, 1.807) is 6.92 Å². The van der Waals surface area contributed by atoms with Crippen LogP contribution in [-0.4, -0.2) is 16.9 Å². The third kappa shape index (κ3) is 7.74. The molecule has 0 saturated heterocycles. The lowest BCUT2D eigenvalue weighted by molar-refractivity contribution is 0.311. The van der Waals surface area contributed by atoms with Crippen LogP contribution in [0.2, 0.25) is 0 Å². The highest BCUT2D eigenvalue weighted by molar-refractivity contribution is 5.92. The second-order valence-corrected chi connectivity index (χ2v) is 9.54. The largest absolute Gasteiger partial charge is 0.457 e. The first kappa shape index (κ1) is 30.3. The maximum atomic E-state index is 7.57. The zero-order valence-corrected chi connectivity index (χ0v) is 23.8. The zero-order valence-electron chi connectivity index (χ0n) is 23.8. The van der Waals surface area contributed by atoms with E-state index >= 15 is 0 Å². The van der Waals surface area contributed by atoms with Crippen LogP contribution in [0, 0.1) is 0 Å². The average molecular weight is 560 g/mol. The van der Waals surface area contributed by atoms with Gasteiger partial charge in [0.2, 0.25) is 0 Å². The molecule has 214 valence electrons. The molecule has 0 radical (unpaired) electrons. The highest BCUT2D eigenvalue weighted by Crippen LogP contribution is 2.34. The van der Waals surface area contributed by atoms with Crippen molar-refractivity contribution in [3.05, 3.63) is 145 Å². The number of para-hydroxylation sites is 2. The van der Waals surface area contributed by atoms with Gasteiger partial charge in [0.05, 0.1) is 0 Å². The monoisotopic (exact) mass is 559 g/mol. The van der Waals surface area contributed by atoms with Crippen LogP contribution >= 0.6 is 0 Å². The average Bonchev–Trinajstić information content (AvgIpc) is 3.05. The molecule has 0 saturated carbocycles. The van der Waals surface area contributed by atoms with Gasteiger partial charge in [0.25, 0.3) is 0 Å². The van der Waals surface area contributed by atoms with Crippen molar-refractivity contribution in [2.24, 2.45) is 5.90 Å². The van der Waals surface area contributed by atoms with Gasteiger partial charge < -0.3 is 19.8 Å². The molecule has 0 aliphatic heterocycles. The molecular weight excluding hydrogens is 522 g/mol. The van der Waals surface area contributed by atoms with Gasteiger partial charge in [-0.05, 0) is 84.5 Å². The number of nitrogens with two attached hydrogens (primary N) is 1. The molecule has 5 heteroatoms. The van der Waals surface area contributed by atoms with Crippen LogP contribution in [0.15, 0.2) is 133 Å². The number of aliphatic hydroxyl groups excluding tert-OH is 1. The fourth-order valence-electron chi connectivity index (χ4n) is 4.98. The number of ether oxygens (including phenoxy) is 2. The molecule has 5 nitrogen and oxygen atoms in total. The van der Waals surface area contributed by atoms with Gasteiger partial charge in [-0.25, -0.2) is 5.90 Å². The van der Waals surface area contributed by atoms with Crippen molar-refractivity contribution >= 4 is 21.5 Å². The Morgan fingerprint density at radius 2 is 0.810 bits per heavy atom. The number of fused-ring (bicyclic) bond motifs is 2. The van der Waals surface area contributed by atoms with Crippen LogP contribution in [0.1, 0.15) is 24.5 Å². The van der Waals surface area contributed by atoms with E-state index < -0.39 is 0 Å². The molecule has 0 atom stereocenters. The van der Waals surface area contributed by atoms with Crippen molar-refractivity contribution < 1.29 is 19.8 Å². The molecule has 0 aromatic heterocycles. The molecule has 0 aliphatic rings. The summed E-state index contributed by atoms with van der Waals surface area (Å²) in [6.45, 7) is 1.93. The summed E-state index contributed by atoms with van der Waals surface area (Å²) < 4.78 is 12.4. The highest BCUT2D eigenvalue weighted by Gasteiger charge is 2.10. The minimum atomic E-state index is 0.250. The topological polar surface area (TPSA) is 84.9 Å². The van der Waals surface area contributed by atoms with Gasteiger partial charge in [-0.15, -0.1) is 0 Å². The van der Waals surface area contributed by atoms with Crippen LogP contribution in [-0.2, 0) is 12.8 Å². The first-order chi connectivity index (χ1) is 20.8. The minimum Gasteiger partial charge on any atom is -0.457 e. The second-order valence-electron chi connectivity index (χ2n) is 9.54. The molecule has 0 fully saturated rings. The number of aliphatic hydroxyl groups is 1. The molecule has 6 aromatic rings. The first-order valence-electron chi connectivity index (χ1n) is 14.1. The van der Waals surface area contributed by atoms with E-state index in [1.165, 1.54) is 21.9 Å². The summed E-state index contributed by atoms with van der Waals surface area (Å²) in [6.07, 6.45) is 3.07. The van der Waals surface area contributed by atoms with E-state index in [0.29, 0.717) is 0 Å². The Kier molecular flexibility index (Phi) is 11.5. The summed E-state index contributed by atoms with van der Waals surface area (Å²) in [6, 6.07) is 45.7. The Hall–Kier alpha value is -4.68. The Balaban J connectivity index is 0.000000763. The summed E-state index contributed by atoms with van der Waals surface area (Å²) >= 11 is 0. The van der Waals surface area contributed by atoms with Crippen molar-refractivity contribution in [3.63, 3.8) is 0 Å². The standard InChI is InChI=1S/C35H28O2.C2H6O.H3NO/c1-3-14-28(15-4-1)36-34-24-22-26(30-18-7-9-20-32(30)34)12-11-13-27-23-25-35(33-21-10-8-19-31(27)33)37-29-16-5-2-6-17-29;1-2-3;1-2/h1-10,14-25H,11-13H2;3H,2H2,1H3;2H,1H2. The number of hydrogen-bond acceptors (Lipinski definition) is 5. The lowest BCUT2D eigenvalue weighted by Gasteiger charge is -2.14. The van der Waals surface area contributed by atoms with Crippen molar-refractivity contribution in [2.75, 3.05) is 6.61 Å². The Morgan fingerprint density at radius 1 is 0.476 bits per heavy atom. The fraction of sp³-hybridized carbons (Fsp3) is 0.135. The zero-order chi connectivity index (χ0) is 29.6. The summed E-state index contributed by atoms with van der Waals surface area (Å²) in [4.78, 5) is 0. The summed E-state index contributed by atoms with van der Waals surface area (Å²) in [5.41, 5.74) is 2.70. The van der Waals surface area contributed by atoms with Crippen molar-refractivity contribution in [1.29, 1.82) is 0 Å². The Bertz CT molecular complexity index is 1550. The summed E-state index contributed by atoms with van der Waals surface area (Å²) in [5, 5.41) is 18.9. The smallest absolute Gasteiger partial charge is 0.135 e. The lowest BCUT2D eigenvalue weighted by atomic mass is 9.95. The molecule has 0 amide bonds. The van der Waals surface area contributed by atoms with Crippen LogP contribution < -0.4 is 15.4 Å². The van der Waals surface area contributed by atoms with E-state index in [4.69, 9.17) is 19.8 Å². The Morgan fingerprint density at radius 3 is 1.19 bits per heavy atom. The van der Waals surface area contributed by atoms with Gasteiger partial charge in [0, 0.05) is 17.4 Å². The summed E-state index contributed by atoms with van der Waals surface area (Å²) in [7, 11) is 0. The molecule has 0 unspecified atom stereocenters.